The molecule has 0 fully saturated rings. The Bertz CT molecular complexity index is 460. The first-order valence-corrected chi connectivity index (χ1v) is 11.3. The summed E-state index contributed by atoms with van der Waals surface area (Å²) in [6.45, 7) is 11.0. The third kappa shape index (κ3) is 13.3. The van der Waals surface area contributed by atoms with Crippen molar-refractivity contribution in [2.75, 3.05) is 19.8 Å². The number of aliphatic hydroxyl groups excluding tert-OH is 1. The molecule has 3 atom stereocenters. The van der Waals surface area contributed by atoms with Crippen molar-refractivity contribution in [2.45, 2.75) is 85.4 Å². The lowest BCUT2D eigenvalue weighted by atomic mass is 9.93. The average Bonchev–Trinajstić information content (AvgIpc) is 2.67. The van der Waals surface area contributed by atoms with Gasteiger partial charge in [0.2, 0.25) is 0 Å². The Kier molecular flexibility index (Phi) is 14.3. The van der Waals surface area contributed by atoms with Crippen LogP contribution in [0.5, 0.6) is 0 Å². The van der Waals surface area contributed by atoms with Gasteiger partial charge in [-0.1, -0.05) is 96.6 Å². The fraction of sp³-hybridized carbons (Fsp3) is 0.760. The van der Waals surface area contributed by atoms with E-state index >= 15 is 0 Å². The van der Waals surface area contributed by atoms with E-state index in [0.29, 0.717) is 25.7 Å². The lowest BCUT2D eigenvalue weighted by molar-refractivity contribution is -0.0494. The number of rotatable bonds is 17. The molecule has 1 aromatic rings. The Morgan fingerprint density at radius 2 is 1.43 bits per heavy atom. The molecule has 162 valence electrons. The van der Waals surface area contributed by atoms with Crippen LogP contribution in [0.2, 0.25) is 0 Å². The Morgan fingerprint density at radius 3 is 2.04 bits per heavy atom. The number of hydrogen-bond acceptors (Lipinski definition) is 3. The summed E-state index contributed by atoms with van der Waals surface area (Å²) in [5.41, 5.74) is 1.14. The topological polar surface area (TPSA) is 38.7 Å². The van der Waals surface area contributed by atoms with Gasteiger partial charge >= 0.3 is 0 Å². The predicted molar refractivity (Wildman–Crippen MR) is 118 cm³/mol. The van der Waals surface area contributed by atoms with E-state index in [9.17, 15) is 5.11 Å². The highest BCUT2D eigenvalue weighted by atomic mass is 16.5. The molecule has 1 rings (SSSR count). The van der Waals surface area contributed by atoms with Crippen molar-refractivity contribution >= 4 is 0 Å². The molecule has 0 saturated heterocycles. The molecule has 0 bridgehead atoms. The van der Waals surface area contributed by atoms with Crippen molar-refractivity contribution in [2.24, 2.45) is 17.8 Å². The lowest BCUT2D eigenvalue weighted by Crippen LogP contribution is -2.25. The van der Waals surface area contributed by atoms with Crippen LogP contribution >= 0.6 is 0 Å². The second-order valence-corrected chi connectivity index (χ2v) is 8.93. The largest absolute Gasteiger partial charge is 0.394 e. The molecule has 0 amide bonds. The maximum absolute atomic E-state index is 9.49. The molecule has 3 heteroatoms. The SMILES string of the molecule is CC(C)CCCC(C)CCCC(C)CCOC(CO)COCc1ccccc1. The van der Waals surface area contributed by atoms with Gasteiger partial charge in [-0.2, -0.15) is 0 Å². The minimum absolute atomic E-state index is 0.0110. The van der Waals surface area contributed by atoms with Gasteiger partial charge in [-0.15, -0.1) is 0 Å². The van der Waals surface area contributed by atoms with Crippen molar-refractivity contribution in [1.82, 2.24) is 0 Å². The Labute approximate surface area is 173 Å². The first kappa shape index (κ1) is 25.1. The average molecular weight is 393 g/mol. The van der Waals surface area contributed by atoms with E-state index in [0.717, 1.165) is 23.8 Å². The van der Waals surface area contributed by atoms with Gasteiger partial charge in [0, 0.05) is 6.61 Å². The molecule has 0 aromatic heterocycles. The molecule has 0 saturated carbocycles. The number of ether oxygens (including phenoxy) is 2. The first-order valence-electron chi connectivity index (χ1n) is 11.3. The summed E-state index contributed by atoms with van der Waals surface area (Å²) in [7, 11) is 0. The molecule has 1 aromatic carbocycles. The van der Waals surface area contributed by atoms with Crippen molar-refractivity contribution in [3.63, 3.8) is 0 Å². The van der Waals surface area contributed by atoms with Crippen LogP contribution in [0, 0.1) is 17.8 Å². The van der Waals surface area contributed by atoms with Crippen LogP contribution in [-0.4, -0.2) is 31.0 Å². The molecule has 1 N–H and O–H groups in total. The second-order valence-electron chi connectivity index (χ2n) is 8.93. The predicted octanol–water partition coefficient (Wildman–Crippen LogP) is 6.24. The molecule has 0 spiro atoms. The monoisotopic (exact) mass is 392 g/mol. The molecule has 3 nitrogen and oxygen atoms in total. The summed E-state index contributed by atoms with van der Waals surface area (Å²) in [6, 6.07) is 10.1. The van der Waals surface area contributed by atoms with Crippen molar-refractivity contribution < 1.29 is 14.6 Å². The third-order valence-corrected chi connectivity index (χ3v) is 5.46. The van der Waals surface area contributed by atoms with Gasteiger partial charge in [0.1, 0.15) is 6.10 Å². The summed E-state index contributed by atoms with van der Waals surface area (Å²) in [4.78, 5) is 0. The van der Waals surface area contributed by atoms with Crippen LogP contribution in [0.3, 0.4) is 0 Å². The van der Waals surface area contributed by atoms with Gasteiger partial charge in [-0.05, 0) is 29.7 Å². The third-order valence-electron chi connectivity index (χ3n) is 5.46. The number of hydrogen-bond donors (Lipinski definition) is 1. The minimum atomic E-state index is -0.225. The van der Waals surface area contributed by atoms with Crippen molar-refractivity contribution in [1.29, 1.82) is 0 Å². The fourth-order valence-corrected chi connectivity index (χ4v) is 3.45. The quantitative estimate of drug-likeness (QED) is 0.341. The van der Waals surface area contributed by atoms with Gasteiger partial charge in [-0.25, -0.2) is 0 Å². The molecule has 0 aliphatic rings. The molecule has 0 aliphatic heterocycles. The summed E-state index contributed by atoms with van der Waals surface area (Å²) in [6.07, 6.45) is 8.86. The summed E-state index contributed by atoms with van der Waals surface area (Å²) >= 11 is 0. The molecular weight excluding hydrogens is 348 g/mol. The summed E-state index contributed by atoms with van der Waals surface area (Å²) in [5, 5.41) is 9.49. The van der Waals surface area contributed by atoms with Crippen molar-refractivity contribution in [3.8, 4) is 0 Å². The van der Waals surface area contributed by atoms with Crippen LogP contribution in [-0.2, 0) is 16.1 Å². The van der Waals surface area contributed by atoms with E-state index in [1.807, 2.05) is 30.3 Å². The lowest BCUT2D eigenvalue weighted by Gasteiger charge is -2.18. The van der Waals surface area contributed by atoms with Crippen LogP contribution in [0.25, 0.3) is 0 Å². The molecule has 0 radical (unpaired) electrons. The van der Waals surface area contributed by atoms with Crippen LogP contribution in [0.15, 0.2) is 30.3 Å². The zero-order valence-electron chi connectivity index (χ0n) is 18.7. The number of benzene rings is 1. The molecule has 28 heavy (non-hydrogen) atoms. The zero-order valence-corrected chi connectivity index (χ0v) is 18.7. The smallest absolute Gasteiger partial charge is 0.104 e. The molecule has 3 unspecified atom stereocenters. The van der Waals surface area contributed by atoms with Gasteiger partial charge in [0.15, 0.2) is 0 Å². The maximum atomic E-state index is 9.49. The van der Waals surface area contributed by atoms with Crippen LogP contribution < -0.4 is 0 Å². The Hall–Kier alpha value is -0.900. The molecule has 0 aliphatic carbocycles. The Balaban J connectivity index is 2.04. The molecule has 0 heterocycles. The van der Waals surface area contributed by atoms with E-state index in [-0.39, 0.29) is 12.7 Å². The highest BCUT2D eigenvalue weighted by Gasteiger charge is 2.10. The van der Waals surface area contributed by atoms with Gasteiger partial charge in [-0.3, -0.25) is 0 Å². The van der Waals surface area contributed by atoms with E-state index in [4.69, 9.17) is 9.47 Å². The first-order chi connectivity index (χ1) is 13.5. The normalized spacial score (nSPS) is 14.9. The zero-order chi connectivity index (χ0) is 20.6. The van der Waals surface area contributed by atoms with E-state index in [2.05, 4.69) is 27.7 Å². The van der Waals surface area contributed by atoms with E-state index in [1.165, 1.54) is 38.5 Å². The highest BCUT2D eigenvalue weighted by molar-refractivity contribution is 5.13. The Morgan fingerprint density at radius 1 is 0.821 bits per heavy atom. The van der Waals surface area contributed by atoms with E-state index in [1.54, 1.807) is 0 Å². The van der Waals surface area contributed by atoms with Crippen LogP contribution in [0.4, 0.5) is 0 Å². The fourth-order valence-electron chi connectivity index (χ4n) is 3.45. The minimum Gasteiger partial charge on any atom is -0.394 e. The standard InChI is InChI=1S/C25H44O3/c1-21(2)10-8-11-22(3)12-9-13-23(4)16-17-28-25(18-26)20-27-19-24-14-6-5-7-15-24/h5-7,14-15,21-23,25-26H,8-13,16-20H2,1-4H3. The van der Waals surface area contributed by atoms with Gasteiger partial charge in [0.05, 0.1) is 19.8 Å². The highest BCUT2D eigenvalue weighted by Crippen LogP contribution is 2.20. The van der Waals surface area contributed by atoms with E-state index < -0.39 is 0 Å². The van der Waals surface area contributed by atoms with Gasteiger partial charge < -0.3 is 14.6 Å². The maximum Gasteiger partial charge on any atom is 0.104 e. The summed E-state index contributed by atoms with van der Waals surface area (Å²) in [5.74, 6) is 2.36. The van der Waals surface area contributed by atoms with Gasteiger partial charge in [0.25, 0.3) is 0 Å². The molecular formula is C25H44O3. The summed E-state index contributed by atoms with van der Waals surface area (Å²) < 4.78 is 11.5. The van der Waals surface area contributed by atoms with Crippen LogP contribution in [0.1, 0.15) is 78.2 Å². The number of aliphatic hydroxyl groups is 1. The van der Waals surface area contributed by atoms with Crippen molar-refractivity contribution in [3.05, 3.63) is 35.9 Å². The second kappa shape index (κ2) is 16.0.